The second kappa shape index (κ2) is 6.39. The lowest BCUT2D eigenvalue weighted by molar-refractivity contribution is 0.271. The SMILES string of the molecule is CC(C)COc1cccc(-c2nc(C3CCC3)n3ccnc(N)c23)c1. The Morgan fingerprint density at radius 3 is 2.88 bits per heavy atom. The Morgan fingerprint density at radius 2 is 2.16 bits per heavy atom. The van der Waals surface area contributed by atoms with Gasteiger partial charge in [-0.15, -0.1) is 0 Å². The second-order valence-corrected chi connectivity index (χ2v) is 7.21. The summed E-state index contributed by atoms with van der Waals surface area (Å²) in [7, 11) is 0. The van der Waals surface area contributed by atoms with E-state index in [1.807, 2.05) is 24.4 Å². The van der Waals surface area contributed by atoms with Crippen LogP contribution >= 0.6 is 0 Å². The number of nitrogens with zero attached hydrogens (tertiary/aromatic N) is 3. The maximum absolute atomic E-state index is 6.20. The molecule has 1 fully saturated rings. The van der Waals surface area contributed by atoms with Gasteiger partial charge in [0, 0.05) is 23.9 Å². The molecule has 2 heterocycles. The molecule has 2 N–H and O–H groups in total. The van der Waals surface area contributed by atoms with Crippen LogP contribution in [0.3, 0.4) is 0 Å². The highest BCUT2D eigenvalue weighted by Gasteiger charge is 2.26. The van der Waals surface area contributed by atoms with Crippen LogP contribution < -0.4 is 10.5 Å². The molecule has 0 aliphatic heterocycles. The van der Waals surface area contributed by atoms with Crippen LogP contribution in [0.4, 0.5) is 5.82 Å². The van der Waals surface area contributed by atoms with Crippen molar-refractivity contribution < 1.29 is 4.74 Å². The van der Waals surface area contributed by atoms with Gasteiger partial charge in [-0.3, -0.25) is 4.40 Å². The van der Waals surface area contributed by atoms with Gasteiger partial charge in [-0.25, -0.2) is 9.97 Å². The average molecular weight is 336 g/mol. The third-order valence-corrected chi connectivity index (χ3v) is 4.77. The first-order valence-electron chi connectivity index (χ1n) is 8.99. The van der Waals surface area contributed by atoms with Gasteiger partial charge in [0.1, 0.15) is 28.6 Å². The van der Waals surface area contributed by atoms with Gasteiger partial charge in [0.25, 0.3) is 0 Å². The zero-order chi connectivity index (χ0) is 17.4. The molecule has 25 heavy (non-hydrogen) atoms. The van der Waals surface area contributed by atoms with Crippen molar-refractivity contribution in [1.29, 1.82) is 0 Å². The summed E-state index contributed by atoms with van der Waals surface area (Å²) >= 11 is 0. The number of aromatic nitrogens is 3. The second-order valence-electron chi connectivity index (χ2n) is 7.21. The summed E-state index contributed by atoms with van der Waals surface area (Å²) < 4.78 is 7.99. The molecule has 1 aliphatic rings. The number of nitrogens with two attached hydrogens (primary N) is 1. The largest absolute Gasteiger partial charge is 0.493 e. The summed E-state index contributed by atoms with van der Waals surface area (Å²) in [5, 5.41) is 0. The number of ether oxygens (including phenoxy) is 1. The van der Waals surface area contributed by atoms with Crippen LogP contribution in [0, 0.1) is 5.92 Å². The van der Waals surface area contributed by atoms with E-state index in [4.69, 9.17) is 15.5 Å². The third-order valence-electron chi connectivity index (χ3n) is 4.77. The minimum Gasteiger partial charge on any atom is -0.493 e. The van der Waals surface area contributed by atoms with E-state index in [0.29, 0.717) is 24.3 Å². The van der Waals surface area contributed by atoms with E-state index >= 15 is 0 Å². The van der Waals surface area contributed by atoms with E-state index in [1.165, 1.54) is 19.3 Å². The normalized spacial score (nSPS) is 14.8. The van der Waals surface area contributed by atoms with E-state index < -0.39 is 0 Å². The highest BCUT2D eigenvalue weighted by molar-refractivity contribution is 5.85. The summed E-state index contributed by atoms with van der Waals surface area (Å²) in [5.74, 6) is 3.48. The Hall–Kier alpha value is -2.56. The molecule has 0 atom stereocenters. The Bertz CT molecular complexity index is 896. The molecular formula is C20H24N4O. The average Bonchev–Trinajstić information content (AvgIpc) is 2.93. The van der Waals surface area contributed by atoms with Crippen molar-refractivity contribution >= 4 is 11.3 Å². The lowest BCUT2D eigenvalue weighted by Gasteiger charge is -2.23. The lowest BCUT2D eigenvalue weighted by Crippen LogP contribution is -2.12. The van der Waals surface area contributed by atoms with Gasteiger partial charge in [0.15, 0.2) is 0 Å². The molecule has 2 aromatic heterocycles. The molecular weight excluding hydrogens is 312 g/mol. The van der Waals surface area contributed by atoms with E-state index in [0.717, 1.165) is 28.3 Å². The molecule has 3 aromatic rings. The first-order chi connectivity index (χ1) is 12.1. The number of hydrogen-bond donors (Lipinski definition) is 1. The summed E-state index contributed by atoms with van der Waals surface area (Å²) in [6, 6.07) is 8.09. The van der Waals surface area contributed by atoms with Gasteiger partial charge < -0.3 is 10.5 Å². The molecule has 0 radical (unpaired) electrons. The van der Waals surface area contributed by atoms with Crippen LogP contribution in [0.25, 0.3) is 16.8 Å². The fourth-order valence-corrected chi connectivity index (χ4v) is 3.24. The minimum absolute atomic E-state index is 0.488. The first kappa shape index (κ1) is 15.9. The molecule has 5 heteroatoms. The number of rotatable bonds is 5. The van der Waals surface area contributed by atoms with Gasteiger partial charge >= 0.3 is 0 Å². The minimum atomic E-state index is 0.488. The molecule has 0 amide bonds. The van der Waals surface area contributed by atoms with Crippen molar-refractivity contribution in [2.75, 3.05) is 12.3 Å². The highest BCUT2D eigenvalue weighted by atomic mass is 16.5. The molecule has 130 valence electrons. The van der Waals surface area contributed by atoms with Crippen LogP contribution in [0.2, 0.25) is 0 Å². The predicted molar refractivity (Wildman–Crippen MR) is 99.8 cm³/mol. The molecule has 0 unspecified atom stereocenters. The molecule has 1 saturated carbocycles. The van der Waals surface area contributed by atoms with Crippen LogP contribution in [-0.2, 0) is 0 Å². The monoisotopic (exact) mass is 336 g/mol. The number of nitrogen functional groups attached to an aromatic ring is 1. The van der Waals surface area contributed by atoms with Crippen molar-refractivity contribution in [2.24, 2.45) is 5.92 Å². The number of anilines is 1. The number of benzene rings is 1. The maximum atomic E-state index is 6.20. The van der Waals surface area contributed by atoms with E-state index in [-0.39, 0.29) is 0 Å². The van der Waals surface area contributed by atoms with E-state index in [2.05, 4.69) is 29.3 Å². The van der Waals surface area contributed by atoms with Gasteiger partial charge in [0.2, 0.25) is 0 Å². The van der Waals surface area contributed by atoms with Crippen molar-refractivity contribution in [1.82, 2.24) is 14.4 Å². The quantitative estimate of drug-likeness (QED) is 0.755. The number of hydrogen-bond acceptors (Lipinski definition) is 4. The fraction of sp³-hybridized carbons (Fsp3) is 0.400. The molecule has 1 aromatic carbocycles. The van der Waals surface area contributed by atoms with Crippen molar-refractivity contribution in [3.05, 3.63) is 42.5 Å². The molecule has 0 bridgehead atoms. The highest BCUT2D eigenvalue weighted by Crippen LogP contribution is 2.39. The molecule has 4 rings (SSSR count). The zero-order valence-electron chi connectivity index (χ0n) is 14.8. The summed E-state index contributed by atoms with van der Waals surface area (Å²) in [4.78, 5) is 9.24. The van der Waals surface area contributed by atoms with Gasteiger partial charge in [-0.2, -0.15) is 0 Å². The van der Waals surface area contributed by atoms with Gasteiger partial charge in [-0.05, 0) is 30.9 Å². The maximum Gasteiger partial charge on any atom is 0.150 e. The van der Waals surface area contributed by atoms with E-state index in [1.54, 1.807) is 6.20 Å². The van der Waals surface area contributed by atoms with E-state index in [9.17, 15) is 0 Å². The van der Waals surface area contributed by atoms with Gasteiger partial charge in [0.05, 0.1) is 6.61 Å². The summed E-state index contributed by atoms with van der Waals surface area (Å²) in [5.41, 5.74) is 9.00. The molecule has 1 aliphatic carbocycles. The predicted octanol–water partition coefficient (Wildman–Crippen LogP) is 4.28. The Labute approximate surface area is 147 Å². The standard InChI is InChI=1S/C20H24N4O/c1-13(2)12-25-16-8-4-7-15(11-16)17-18-19(21)22-9-10-24(18)20(23-17)14-5-3-6-14/h4,7-11,13-14H,3,5-6,12H2,1-2H3,(H2,21,22). The third kappa shape index (κ3) is 2.95. The van der Waals surface area contributed by atoms with Crippen molar-refractivity contribution in [3.63, 3.8) is 0 Å². The Morgan fingerprint density at radius 1 is 1.32 bits per heavy atom. The fourth-order valence-electron chi connectivity index (χ4n) is 3.24. The number of fused-ring (bicyclic) bond motifs is 1. The number of imidazole rings is 1. The summed E-state index contributed by atoms with van der Waals surface area (Å²) in [6.07, 6.45) is 7.37. The van der Waals surface area contributed by atoms with Crippen LogP contribution in [0.15, 0.2) is 36.7 Å². The molecule has 0 saturated heterocycles. The Kier molecular flexibility index (Phi) is 4.07. The van der Waals surface area contributed by atoms with Crippen molar-refractivity contribution in [3.8, 4) is 17.0 Å². The van der Waals surface area contributed by atoms with Crippen LogP contribution in [0.5, 0.6) is 5.75 Å². The van der Waals surface area contributed by atoms with Crippen molar-refractivity contribution in [2.45, 2.75) is 39.0 Å². The van der Waals surface area contributed by atoms with Crippen LogP contribution in [-0.4, -0.2) is 21.0 Å². The smallest absolute Gasteiger partial charge is 0.150 e. The van der Waals surface area contributed by atoms with Gasteiger partial charge in [-0.1, -0.05) is 32.4 Å². The first-order valence-corrected chi connectivity index (χ1v) is 8.99. The Balaban J connectivity index is 1.80. The summed E-state index contributed by atoms with van der Waals surface area (Å²) in [6.45, 7) is 4.98. The lowest BCUT2D eigenvalue weighted by atomic mass is 9.85. The molecule has 5 nitrogen and oxygen atoms in total. The topological polar surface area (TPSA) is 65.4 Å². The van der Waals surface area contributed by atoms with Crippen LogP contribution in [0.1, 0.15) is 44.9 Å². The zero-order valence-corrected chi connectivity index (χ0v) is 14.8. The molecule has 0 spiro atoms.